The first-order chi connectivity index (χ1) is 8.20. The number of nitrogen functional groups attached to an aromatic ring is 1. The van der Waals surface area contributed by atoms with Crippen molar-refractivity contribution in [2.75, 3.05) is 5.73 Å². The normalized spacial score (nSPS) is 10.4. The maximum absolute atomic E-state index is 10.1. The number of aromatic nitrogens is 2. The van der Waals surface area contributed by atoms with Crippen molar-refractivity contribution < 1.29 is 9.90 Å². The van der Waals surface area contributed by atoms with Crippen molar-refractivity contribution in [2.24, 2.45) is 5.41 Å². The Hall–Kier alpha value is -1.65. The molecule has 1 rings (SSSR count). The number of aryl methyl sites for hydroxylation is 1. The summed E-state index contributed by atoms with van der Waals surface area (Å²) in [6, 6.07) is 0. The van der Waals surface area contributed by atoms with Gasteiger partial charge in [-0.15, -0.1) is 0 Å². The lowest BCUT2D eigenvalue weighted by Gasteiger charge is -2.16. The highest BCUT2D eigenvalue weighted by atomic mass is 16.4. The minimum absolute atomic E-state index is 0.273. The van der Waals surface area contributed by atoms with Gasteiger partial charge in [-0.2, -0.15) is 0 Å². The molecule has 5 nitrogen and oxygen atoms in total. The second kappa shape index (κ2) is 7.63. The molecule has 0 radical (unpaired) electrons. The molecule has 3 N–H and O–H groups in total. The summed E-state index contributed by atoms with van der Waals surface area (Å²) in [6.45, 7) is 8.21. The monoisotopic (exact) mass is 253 g/mol. The van der Waals surface area contributed by atoms with Gasteiger partial charge in [-0.05, 0) is 25.2 Å². The Morgan fingerprint density at radius 1 is 1.39 bits per heavy atom. The van der Waals surface area contributed by atoms with Crippen LogP contribution in [0.15, 0.2) is 12.4 Å². The molecule has 0 atom stereocenters. The Balaban J connectivity index is 0.000000327. The van der Waals surface area contributed by atoms with E-state index in [1.54, 1.807) is 6.20 Å². The van der Waals surface area contributed by atoms with E-state index >= 15 is 0 Å². The van der Waals surface area contributed by atoms with Crippen molar-refractivity contribution >= 4 is 11.8 Å². The van der Waals surface area contributed by atoms with Gasteiger partial charge in [0.2, 0.25) is 0 Å². The van der Waals surface area contributed by atoms with E-state index < -0.39 is 5.97 Å². The van der Waals surface area contributed by atoms with Crippen LogP contribution >= 0.6 is 0 Å². The van der Waals surface area contributed by atoms with Gasteiger partial charge in [0.25, 0.3) is 0 Å². The molecule has 0 unspecified atom stereocenters. The van der Waals surface area contributed by atoms with Crippen LogP contribution in [0.1, 0.15) is 45.7 Å². The van der Waals surface area contributed by atoms with Gasteiger partial charge in [-0.25, -0.2) is 4.98 Å². The summed E-state index contributed by atoms with van der Waals surface area (Å²) in [6.07, 6.45) is 5.26. The van der Waals surface area contributed by atoms with E-state index in [-0.39, 0.29) is 5.41 Å². The van der Waals surface area contributed by atoms with Crippen LogP contribution in [0.2, 0.25) is 0 Å². The van der Waals surface area contributed by atoms with Gasteiger partial charge in [0, 0.05) is 12.6 Å². The Morgan fingerprint density at radius 3 is 2.33 bits per heavy atom. The van der Waals surface area contributed by atoms with Crippen molar-refractivity contribution in [3.05, 3.63) is 18.1 Å². The first kappa shape index (κ1) is 16.4. The Morgan fingerprint density at radius 2 is 2.00 bits per heavy atom. The number of aliphatic carboxylic acids is 1. The average Bonchev–Trinajstić information content (AvgIpc) is 2.15. The summed E-state index contributed by atoms with van der Waals surface area (Å²) in [7, 11) is 0. The van der Waals surface area contributed by atoms with Crippen LogP contribution in [0.25, 0.3) is 0 Å². The SMILES string of the molecule is CC(C)(C)CCCC(=O)O.Cc1cncc(N)n1. The molecule has 0 saturated heterocycles. The molecule has 0 aliphatic carbocycles. The first-order valence-corrected chi connectivity index (χ1v) is 5.96. The van der Waals surface area contributed by atoms with Crippen LogP contribution in [-0.4, -0.2) is 21.0 Å². The van der Waals surface area contributed by atoms with Gasteiger partial charge >= 0.3 is 5.97 Å². The molecule has 1 heterocycles. The van der Waals surface area contributed by atoms with Gasteiger partial charge in [0.1, 0.15) is 5.82 Å². The van der Waals surface area contributed by atoms with E-state index in [0.717, 1.165) is 18.5 Å². The van der Waals surface area contributed by atoms with Gasteiger partial charge < -0.3 is 10.8 Å². The third kappa shape index (κ3) is 10.9. The highest BCUT2D eigenvalue weighted by molar-refractivity contribution is 5.66. The zero-order chi connectivity index (χ0) is 14.2. The smallest absolute Gasteiger partial charge is 0.303 e. The van der Waals surface area contributed by atoms with Crippen LogP contribution in [0.5, 0.6) is 0 Å². The minimum Gasteiger partial charge on any atom is -0.481 e. The molecule has 0 aliphatic rings. The summed E-state index contributed by atoms with van der Waals surface area (Å²) in [5.74, 6) is -0.214. The number of carboxylic acids is 1. The van der Waals surface area contributed by atoms with Crippen molar-refractivity contribution in [1.82, 2.24) is 9.97 Å². The molecule has 1 aromatic heterocycles. The molecule has 102 valence electrons. The van der Waals surface area contributed by atoms with E-state index in [2.05, 4.69) is 30.7 Å². The Kier molecular flexibility index (Phi) is 6.93. The number of hydrogen-bond donors (Lipinski definition) is 2. The van der Waals surface area contributed by atoms with E-state index in [0.29, 0.717) is 12.2 Å². The number of nitrogens with two attached hydrogens (primary N) is 1. The van der Waals surface area contributed by atoms with Gasteiger partial charge in [0.15, 0.2) is 0 Å². The summed E-state index contributed by atoms with van der Waals surface area (Å²) >= 11 is 0. The standard InChI is InChI=1S/C8H16O2.C5H7N3/c1-8(2,3)6-4-5-7(9)10;1-4-2-7-3-5(6)8-4/h4-6H2,1-3H3,(H,9,10);2-3H,1H3,(H2,6,8). The molecule has 18 heavy (non-hydrogen) atoms. The molecule has 0 fully saturated rings. The summed E-state index contributed by atoms with van der Waals surface area (Å²) in [5, 5.41) is 8.31. The molecule has 0 saturated carbocycles. The molecule has 0 amide bonds. The van der Waals surface area contributed by atoms with Crippen molar-refractivity contribution in [2.45, 2.75) is 47.0 Å². The molecule has 0 spiro atoms. The molecular weight excluding hydrogens is 230 g/mol. The number of anilines is 1. The fourth-order valence-corrected chi connectivity index (χ4v) is 1.25. The second-order valence-electron chi connectivity index (χ2n) is 5.39. The minimum atomic E-state index is -0.691. The maximum Gasteiger partial charge on any atom is 0.303 e. The maximum atomic E-state index is 10.1. The van der Waals surface area contributed by atoms with Gasteiger partial charge in [-0.1, -0.05) is 20.8 Å². The topological polar surface area (TPSA) is 89.1 Å². The lowest BCUT2D eigenvalue weighted by atomic mass is 9.90. The highest BCUT2D eigenvalue weighted by Crippen LogP contribution is 2.21. The number of hydrogen-bond acceptors (Lipinski definition) is 4. The van der Waals surface area contributed by atoms with Crippen LogP contribution in [0.4, 0.5) is 5.82 Å². The molecule has 0 aromatic carbocycles. The van der Waals surface area contributed by atoms with E-state index in [1.165, 1.54) is 6.20 Å². The fourth-order valence-electron chi connectivity index (χ4n) is 1.25. The molecule has 1 aromatic rings. The van der Waals surface area contributed by atoms with Crippen molar-refractivity contribution in [3.63, 3.8) is 0 Å². The zero-order valence-corrected chi connectivity index (χ0v) is 11.6. The Bertz CT molecular complexity index is 355. The molecule has 5 heteroatoms. The Labute approximate surface area is 108 Å². The van der Waals surface area contributed by atoms with E-state index in [1.807, 2.05) is 6.92 Å². The number of nitrogens with zero attached hydrogens (tertiary/aromatic N) is 2. The predicted octanol–water partition coefficient (Wildman–Crippen LogP) is 2.65. The van der Waals surface area contributed by atoms with E-state index in [9.17, 15) is 4.79 Å². The van der Waals surface area contributed by atoms with Crippen LogP contribution < -0.4 is 5.73 Å². The van der Waals surface area contributed by atoms with E-state index in [4.69, 9.17) is 10.8 Å². The summed E-state index contributed by atoms with van der Waals surface area (Å²) in [5.41, 5.74) is 6.41. The lowest BCUT2D eigenvalue weighted by Crippen LogP contribution is -2.05. The third-order valence-corrected chi connectivity index (χ3v) is 2.09. The summed E-state index contributed by atoms with van der Waals surface area (Å²) in [4.78, 5) is 17.8. The number of rotatable bonds is 3. The van der Waals surface area contributed by atoms with Crippen LogP contribution in [0, 0.1) is 12.3 Å². The van der Waals surface area contributed by atoms with Crippen molar-refractivity contribution in [3.8, 4) is 0 Å². The van der Waals surface area contributed by atoms with Crippen LogP contribution in [-0.2, 0) is 4.79 Å². The first-order valence-electron chi connectivity index (χ1n) is 5.96. The third-order valence-electron chi connectivity index (χ3n) is 2.09. The average molecular weight is 253 g/mol. The lowest BCUT2D eigenvalue weighted by molar-refractivity contribution is -0.137. The molecule has 0 aliphatic heterocycles. The predicted molar refractivity (Wildman–Crippen MR) is 72.1 cm³/mol. The largest absolute Gasteiger partial charge is 0.481 e. The molecular formula is C13H23N3O2. The summed E-state index contributed by atoms with van der Waals surface area (Å²) < 4.78 is 0. The van der Waals surface area contributed by atoms with Gasteiger partial charge in [0.05, 0.1) is 11.9 Å². The zero-order valence-electron chi connectivity index (χ0n) is 11.6. The fraction of sp³-hybridized carbons (Fsp3) is 0.615. The number of carbonyl (C=O) groups is 1. The van der Waals surface area contributed by atoms with Crippen molar-refractivity contribution in [1.29, 1.82) is 0 Å². The van der Waals surface area contributed by atoms with Gasteiger partial charge in [-0.3, -0.25) is 9.78 Å². The quantitative estimate of drug-likeness (QED) is 0.864. The molecule has 0 bridgehead atoms. The second-order valence-corrected chi connectivity index (χ2v) is 5.39. The number of carboxylic acid groups (broad SMARTS) is 1. The van der Waals surface area contributed by atoms with Crippen LogP contribution in [0.3, 0.4) is 0 Å². The highest BCUT2D eigenvalue weighted by Gasteiger charge is 2.09.